The molecule has 1 fully saturated rings. The molecule has 0 aliphatic heterocycles. The lowest BCUT2D eigenvalue weighted by Gasteiger charge is -2.15. The molecular formula is C14H19NO2. The van der Waals surface area contributed by atoms with Crippen molar-refractivity contribution in [3.63, 3.8) is 0 Å². The van der Waals surface area contributed by atoms with E-state index in [1.54, 1.807) is 0 Å². The summed E-state index contributed by atoms with van der Waals surface area (Å²) in [6, 6.07) is 3.98. The van der Waals surface area contributed by atoms with Crippen molar-refractivity contribution in [3.8, 4) is 5.75 Å². The molecule has 1 aliphatic rings. The second kappa shape index (κ2) is 4.86. The van der Waals surface area contributed by atoms with Crippen LogP contribution >= 0.6 is 0 Å². The van der Waals surface area contributed by atoms with Gasteiger partial charge in [0.05, 0.1) is 6.61 Å². The average molecular weight is 233 g/mol. The number of hydrogen-bond donors (Lipinski definition) is 0. The lowest BCUT2D eigenvalue weighted by atomic mass is 9.99. The van der Waals surface area contributed by atoms with Gasteiger partial charge in [-0.1, -0.05) is 26.0 Å². The summed E-state index contributed by atoms with van der Waals surface area (Å²) in [4.78, 5) is 11.0. The van der Waals surface area contributed by atoms with E-state index in [-0.39, 0.29) is 5.92 Å². The van der Waals surface area contributed by atoms with Gasteiger partial charge in [0, 0.05) is 0 Å². The quantitative estimate of drug-likeness (QED) is 0.711. The van der Waals surface area contributed by atoms with E-state index in [2.05, 4.69) is 19.0 Å². The Morgan fingerprint density at radius 3 is 2.65 bits per heavy atom. The van der Waals surface area contributed by atoms with E-state index in [0.717, 1.165) is 11.1 Å². The highest BCUT2D eigenvalue weighted by molar-refractivity contribution is 5.62. The number of nitrogens with zero attached hydrogens (tertiary/aromatic N) is 1. The minimum absolute atomic E-state index is 0.284. The van der Waals surface area contributed by atoms with Gasteiger partial charge in [-0.3, -0.25) is 0 Å². The van der Waals surface area contributed by atoms with Crippen LogP contribution in [0, 0.1) is 17.7 Å². The van der Waals surface area contributed by atoms with Crippen molar-refractivity contribution in [2.24, 2.45) is 11.1 Å². The number of hydrogen-bond acceptors (Lipinski definition) is 3. The molecule has 1 aliphatic carbocycles. The molecule has 0 N–H and O–H groups in total. The summed E-state index contributed by atoms with van der Waals surface area (Å²) in [7, 11) is 0. The number of ether oxygens (including phenoxy) is 1. The van der Waals surface area contributed by atoms with Crippen molar-refractivity contribution in [2.45, 2.75) is 39.5 Å². The van der Waals surface area contributed by atoms with Crippen LogP contribution in [0.2, 0.25) is 0 Å². The van der Waals surface area contributed by atoms with E-state index in [1.165, 1.54) is 12.8 Å². The van der Waals surface area contributed by atoms with Gasteiger partial charge in [-0.15, -0.1) is 4.91 Å². The molecule has 0 aromatic heterocycles. The summed E-state index contributed by atoms with van der Waals surface area (Å²) in [5.74, 6) is 1.64. The van der Waals surface area contributed by atoms with Crippen molar-refractivity contribution in [2.75, 3.05) is 6.61 Å². The van der Waals surface area contributed by atoms with Crippen LogP contribution in [0.15, 0.2) is 17.3 Å². The normalized spacial score (nSPS) is 15.1. The van der Waals surface area contributed by atoms with Crippen LogP contribution < -0.4 is 4.74 Å². The first-order chi connectivity index (χ1) is 8.13. The molecule has 1 saturated carbocycles. The fraction of sp³-hybridized carbons (Fsp3) is 0.571. The molecule has 0 heterocycles. The molecule has 0 spiro atoms. The van der Waals surface area contributed by atoms with E-state index < -0.39 is 0 Å². The maximum atomic E-state index is 11.0. The Morgan fingerprint density at radius 2 is 2.12 bits per heavy atom. The highest BCUT2D eigenvalue weighted by Gasteiger charge is 2.24. The molecule has 0 bridgehead atoms. The van der Waals surface area contributed by atoms with Gasteiger partial charge in [0.2, 0.25) is 0 Å². The second-order valence-corrected chi connectivity index (χ2v) is 5.15. The Bertz CT molecular complexity index is 422. The number of aryl methyl sites for hydroxylation is 1. The molecule has 3 nitrogen and oxygen atoms in total. The van der Waals surface area contributed by atoms with Crippen molar-refractivity contribution in [3.05, 3.63) is 28.2 Å². The fourth-order valence-electron chi connectivity index (χ4n) is 1.92. The van der Waals surface area contributed by atoms with Gasteiger partial charge < -0.3 is 4.74 Å². The first kappa shape index (κ1) is 12.1. The van der Waals surface area contributed by atoms with Crippen molar-refractivity contribution in [1.29, 1.82) is 0 Å². The first-order valence-corrected chi connectivity index (χ1v) is 6.23. The van der Waals surface area contributed by atoms with Crippen LogP contribution in [0.3, 0.4) is 0 Å². The number of rotatable bonds is 5. The summed E-state index contributed by atoms with van der Waals surface area (Å²) in [5.41, 5.74) is 2.45. The fourth-order valence-corrected chi connectivity index (χ4v) is 1.92. The van der Waals surface area contributed by atoms with Crippen molar-refractivity contribution < 1.29 is 4.74 Å². The zero-order valence-electron chi connectivity index (χ0n) is 10.7. The predicted molar refractivity (Wildman–Crippen MR) is 68.9 cm³/mol. The van der Waals surface area contributed by atoms with Gasteiger partial charge in [0.15, 0.2) is 11.4 Å². The monoisotopic (exact) mass is 233 g/mol. The number of nitroso groups, excluding NO2 is 1. The second-order valence-electron chi connectivity index (χ2n) is 5.15. The Hall–Kier alpha value is -1.38. The van der Waals surface area contributed by atoms with Gasteiger partial charge in [0.1, 0.15) is 0 Å². The summed E-state index contributed by atoms with van der Waals surface area (Å²) < 4.78 is 5.78. The maximum Gasteiger partial charge on any atom is 0.153 e. The Labute approximate surface area is 102 Å². The first-order valence-electron chi connectivity index (χ1n) is 6.23. The molecule has 1 aromatic carbocycles. The van der Waals surface area contributed by atoms with E-state index in [9.17, 15) is 4.91 Å². The van der Waals surface area contributed by atoms with Gasteiger partial charge in [-0.25, -0.2) is 0 Å². The molecule has 92 valence electrons. The molecule has 3 heteroatoms. The predicted octanol–water partition coefficient (Wildman–Crippen LogP) is 4.31. The topological polar surface area (TPSA) is 38.7 Å². The number of benzene rings is 1. The van der Waals surface area contributed by atoms with Crippen LogP contribution in [0.1, 0.15) is 43.7 Å². The molecule has 0 radical (unpaired) electrons. The zero-order chi connectivity index (χ0) is 12.4. The van der Waals surface area contributed by atoms with Gasteiger partial charge in [0.25, 0.3) is 0 Å². The van der Waals surface area contributed by atoms with Crippen LogP contribution in [0.25, 0.3) is 0 Å². The van der Waals surface area contributed by atoms with Gasteiger partial charge in [-0.05, 0) is 47.9 Å². The lowest BCUT2D eigenvalue weighted by molar-refractivity contribution is 0.298. The summed E-state index contributed by atoms with van der Waals surface area (Å²) >= 11 is 0. The third kappa shape index (κ3) is 2.65. The SMILES string of the molecule is Cc1ccc(C(C)C)c(N=O)c1OCC1CC1. The standard InChI is InChI=1S/C14H19NO2/c1-9(2)12-7-4-10(3)14(13(12)15-16)17-8-11-5-6-11/h4,7,9,11H,5-6,8H2,1-3H3. The average Bonchev–Trinajstić information content (AvgIpc) is 3.10. The molecule has 17 heavy (non-hydrogen) atoms. The molecule has 0 atom stereocenters. The van der Waals surface area contributed by atoms with Gasteiger partial charge >= 0.3 is 0 Å². The van der Waals surface area contributed by atoms with E-state index in [1.807, 2.05) is 19.1 Å². The van der Waals surface area contributed by atoms with Crippen molar-refractivity contribution >= 4 is 5.69 Å². The minimum atomic E-state index is 0.284. The van der Waals surface area contributed by atoms with Gasteiger partial charge in [-0.2, -0.15) is 0 Å². The largest absolute Gasteiger partial charge is 0.491 e. The van der Waals surface area contributed by atoms with Crippen LogP contribution in [-0.4, -0.2) is 6.61 Å². The minimum Gasteiger partial charge on any atom is -0.491 e. The molecule has 0 saturated heterocycles. The van der Waals surface area contributed by atoms with Crippen molar-refractivity contribution in [1.82, 2.24) is 0 Å². The molecular weight excluding hydrogens is 214 g/mol. The van der Waals surface area contributed by atoms with E-state index in [4.69, 9.17) is 4.74 Å². The van der Waals surface area contributed by atoms with E-state index in [0.29, 0.717) is 24.0 Å². The van der Waals surface area contributed by atoms with Crippen LogP contribution in [0.4, 0.5) is 5.69 Å². The summed E-state index contributed by atoms with van der Waals surface area (Å²) in [6.45, 7) is 6.79. The zero-order valence-corrected chi connectivity index (χ0v) is 10.7. The molecule has 0 amide bonds. The summed E-state index contributed by atoms with van der Waals surface area (Å²) in [5, 5.41) is 3.18. The Kier molecular flexibility index (Phi) is 3.46. The molecule has 0 unspecified atom stereocenters. The van der Waals surface area contributed by atoms with Crippen LogP contribution in [0.5, 0.6) is 5.75 Å². The third-order valence-electron chi connectivity index (χ3n) is 3.23. The Morgan fingerprint density at radius 1 is 1.41 bits per heavy atom. The van der Waals surface area contributed by atoms with E-state index >= 15 is 0 Å². The molecule has 2 rings (SSSR count). The Balaban J connectivity index is 2.31. The van der Waals surface area contributed by atoms with Crippen LogP contribution in [-0.2, 0) is 0 Å². The maximum absolute atomic E-state index is 11.0. The highest BCUT2D eigenvalue weighted by Crippen LogP contribution is 2.39. The molecule has 1 aromatic rings. The summed E-state index contributed by atoms with van der Waals surface area (Å²) in [6.07, 6.45) is 2.49. The third-order valence-corrected chi connectivity index (χ3v) is 3.23. The smallest absolute Gasteiger partial charge is 0.153 e. The highest BCUT2D eigenvalue weighted by atomic mass is 16.5. The lowest BCUT2D eigenvalue weighted by Crippen LogP contribution is -2.02.